The van der Waals surface area contributed by atoms with Crippen molar-refractivity contribution in [3.63, 3.8) is 0 Å². The van der Waals surface area contributed by atoms with Gasteiger partial charge in [0, 0.05) is 24.1 Å². The highest BCUT2D eigenvalue weighted by Gasteiger charge is 2.08. The van der Waals surface area contributed by atoms with Crippen molar-refractivity contribution < 1.29 is 4.74 Å². The Balaban J connectivity index is 2.43. The zero-order chi connectivity index (χ0) is 11.8. The van der Waals surface area contributed by atoms with Crippen LogP contribution in [0, 0.1) is 5.92 Å². The van der Waals surface area contributed by atoms with Gasteiger partial charge in [0.1, 0.15) is 0 Å². The molecule has 1 nitrogen and oxygen atoms in total. The van der Waals surface area contributed by atoms with Crippen molar-refractivity contribution in [2.24, 2.45) is 5.92 Å². The Kier molecular flexibility index (Phi) is 6.86. The van der Waals surface area contributed by atoms with E-state index >= 15 is 0 Å². The Labute approximate surface area is 108 Å². The number of alkyl halides is 1. The molecular formula is C13H18Cl2O. The van der Waals surface area contributed by atoms with Crippen LogP contribution in [0.1, 0.15) is 18.9 Å². The fourth-order valence-corrected chi connectivity index (χ4v) is 2.10. The van der Waals surface area contributed by atoms with E-state index in [-0.39, 0.29) is 0 Å². The van der Waals surface area contributed by atoms with Gasteiger partial charge in [-0.05, 0) is 43.4 Å². The van der Waals surface area contributed by atoms with Crippen molar-refractivity contribution in [2.45, 2.75) is 19.8 Å². The summed E-state index contributed by atoms with van der Waals surface area (Å²) in [6.07, 6.45) is 1.97. The topological polar surface area (TPSA) is 9.23 Å². The van der Waals surface area contributed by atoms with Crippen LogP contribution in [0.5, 0.6) is 0 Å². The van der Waals surface area contributed by atoms with E-state index in [1.54, 1.807) is 0 Å². The first-order valence-corrected chi connectivity index (χ1v) is 6.55. The third-order valence-electron chi connectivity index (χ3n) is 2.51. The van der Waals surface area contributed by atoms with E-state index in [4.69, 9.17) is 27.9 Å². The van der Waals surface area contributed by atoms with E-state index in [1.165, 1.54) is 5.56 Å². The minimum Gasteiger partial charge on any atom is -0.382 e. The lowest BCUT2D eigenvalue weighted by atomic mass is 9.98. The molecule has 16 heavy (non-hydrogen) atoms. The van der Waals surface area contributed by atoms with E-state index in [1.807, 2.05) is 25.1 Å². The molecule has 0 fully saturated rings. The minimum absolute atomic E-state index is 0.465. The SMILES string of the molecule is CCOCCC(CCl)Cc1cccc(Cl)c1. The first-order chi connectivity index (χ1) is 7.76. The van der Waals surface area contributed by atoms with Crippen LogP contribution < -0.4 is 0 Å². The van der Waals surface area contributed by atoms with Gasteiger partial charge in [-0.3, -0.25) is 0 Å². The fourth-order valence-electron chi connectivity index (χ4n) is 1.63. The molecule has 1 unspecified atom stereocenters. The third-order valence-corrected chi connectivity index (χ3v) is 3.18. The van der Waals surface area contributed by atoms with Gasteiger partial charge in [-0.15, -0.1) is 11.6 Å². The number of halogens is 2. The summed E-state index contributed by atoms with van der Waals surface area (Å²) in [7, 11) is 0. The molecule has 0 radical (unpaired) electrons. The van der Waals surface area contributed by atoms with Crippen LogP contribution in [-0.4, -0.2) is 19.1 Å². The fraction of sp³-hybridized carbons (Fsp3) is 0.538. The maximum atomic E-state index is 5.95. The molecule has 0 bridgehead atoms. The van der Waals surface area contributed by atoms with Crippen LogP contribution >= 0.6 is 23.2 Å². The molecule has 0 saturated carbocycles. The molecular weight excluding hydrogens is 243 g/mol. The summed E-state index contributed by atoms with van der Waals surface area (Å²) in [4.78, 5) is 0. The molecule has 0 N–H and O–H groups in total. The second kappa shape index (κ2) is 7.94. The number of benzene rings is 1. The van der Waals surface area contributed by atoms with Crippen molar-refractivity contribution in [2.75, 3.05) is 19.1 Å². The second-order valence-electron chi connectivity index (χ2n) is 3.84. The number of ether oxygens (including phenoxy) is 1. The standard InChI is InChI=1S/C13H18Cl2O/c1-2-16-7-6-12(10-14)8-11-4-3-5-13(15)9-11/h3-5,9,12H,2,6-8,10H2,1H3. The van der Waals surface area contributed by atoms with Crippen LogP contribution in [0.3, 0.4) is 0 Å². The smallest absolute Gasteiger partial charge is 0.0469 e. The first-order valence-electron chi connectivity index (χ1n) is 5.64. The van der Waals surface area contributed by atoms with E-state index in [2.05, 4.69) is 6.07 Å². The summed E-state index contributed by atoms with van der Waals surface area (Å²) in [6, 6.07) is 7.96. The van der Waals surface area contributed by atoms with Crippen molar-refractivity contribution in [1.29, 1.82) is 0 Å². The summed E-state index contributed by atoms with van der Waals surface area (Å²) in [5.74, 6) is 1.13. The highest BCUT2D eigenvalue weighted by atomic mass is 35.5. The predicted octanol–water partition coefficient (Wildman–Crippen LogP) is 4.16. The monoisotopic (exact) mass is 260 g/mol. The molecule has 0 aliphatic rings. The van der Waals surface area contributed by atoms with Gasteiger partial charge in [-0.2, -0.15) is 0 Å². The molecule has 0 spiro atoms. The average Bonchev–Trinajstić information content (AvgIpc) is 2.28. The Bertz CT molecular complexity index is 302. The molecule has 90 valence electrons. The van der Waals surface area contributed by atoms with Crippen LogP contribution in [0.2, 0.25) is 5.02 Å². The van der Waals surface area contributed by atoms with Crippen molar-refractivity contribution >= 4 is 23.2 Å². The number of rotatable bonds is 7. The Morgan fingerprint density at radius 2 is 2.19 bits per heavy atom. The van der Waals surface area contributed by atoms with Gasteiger partial charge >= 0.3 is 0 Å². The molecule has 0 amide bonds. The molecule has 0 aliphatic carbocycles. The van der Waals surface area contributed by atoms with Crippen LogP contribution in [-0.2, 0) is 11.2 Å². The molecule has 1 rings (SSSR count). The van der Waals surface area contributed by atoms with Gasteiger partial charge in [0.25, 0.3) is 0 Å². The van der Waals surface area contributed by atoms with Crippen molar-refractivity contribution in [3.8, 4) is 0 Å². The second-order valence-corrected chi connectivity index (χ2v) is 4.59. The average molecular weight is 261 g/mol. The molecule has 1 aromatic carbocycles. The molecule has 3 heteroatoms. The third kappa shape index (κ3) is 5.20. The van der Waals surface area contributed by atoms with Gasteiger partial charge < -0.3 is 4.74 Å². The lowest BCUT2D eigenvalue weighted by Gasteiger charge is -2.13. The number of hydrogen-bond donors (Lipinski definition) is 0. The molecule has 1 atom stereocenters. The van der Waals surface area contributed by atoms with Gasteiger partial charge in [0.05, 0.1) is 0 Å². The normalized spacial score (nSPS) is 12.7. The lowest BCUT2D eigenvalue weighted by molar-refractivity contribution is 0.134. The van der Waals surface area contributed by atoms with Gasteiger partial charge in [-0.25, -0.2) is 0 Å². The molecule has 0 heterocycles. The Morgan fingerprint density at radius 1 is 1.38 bits per heavy atom. The van der Waals surface area contributed by atoms with E-state index in [9.17, 15) is 0 Å². The summed E-state index contributed by atoms with van der Waals surface area (Å²) in [5.41, 5.74) is 1.25. The van der Waals surface area contributed by atoms with E-state index < -0.39 is 0 Å². The molecule has 0 saturated heterocycles. The van der Waals surface area contributed by atoms with Crippen LogP contribution in [0.25, 0.3) is 0 Å². The van der Waals surface area contributed by atoms with Crippen molar-refractivity contribution in [3.05, 3.63) is 34.9 Å². The first kappa shape index (κ1) is 13.8. The summed E-state index contributed by atoms with van der Waals surface area (Å²) in [6.45, 7) is 3.56. The van der Waals surface area contributed by atoms with Gasteiger partial charge in [-0.1, -0.05) is 23.7 Å². The highest BCUT2D eigenvalue weighted by Crippen LogP contribution is 2.17. The maximum absolute atomic E-state index is 5.95. The summed E-state index contributed by atoms with van der Waals surface area (Å²) >= 11 is 11.9. The predicted molar refractivity (Wildman–Crippen MR) is 70.5 cm³/mol. The quantitative estimate of drug-likeness (QED) is 0.529. The van der Waals surface area contributed by atoms with Crippen LogP contribution in [0.4, 0.5) is 0 Å². The number of hydrogen-bond acceptors (Lipinski definition) is 1. The summed E-state index contributed by atoms with van der Waals surface area (Å²) in [5, 5.41) is 0.788. The van der Waals surface area contributed by atoms with Crippen LogP contribution in [0.15, 0.2) is 24.3 Å². The zero-order valence-corrected chi connectivity index (χ0v) is 11.1. The largest absolute Gasteiger partial charge is 0.382 e. The molecule has 0 aliphatic heterocycles. The maximum Gasteiger partial charge on any atom is 0.0469 e. The highest BCUT2D eigenvalue weighted by molar-refractivity contribution is 6.30. The molecule has 1 aromatic rings. The van der Waals surface area contributed by atoms with Gasteiger partial charge in [0.2, 0.25) is 0 Å². The Morgan fingerprint density at radius 3 is 2.81 bits per heavy atom. The Hall–Kier alpha value is -0.240. The molecule has 0 aromatic heterocycles. The minimum atomic E-state index is 0.465. The lowest BCUT2D eigenvalue weighted by Crippen LogP contribution is -2.10. The van der Waals surface area contributed by atoms with Crippen molar-refractivity contribution in [1.82, 2.24) is 0 Å². The van der Waals surface area contributed by atoms with Gasteiger partial charge in [0.15, 0.2) is 0 Å². The summed E-state index contributed by atoms with van der Waals surface area (Å²) < 4.78 is 5.34. The van der Waals surface area contributed by atoms with E-state index in [0.717, 1.165) is 31.1 Å². The zero-order valence-electron chi connectivity index (χ0n) is 9.59. The van der Waals surface area contributed by atoms with E-state index in [0.29, 0.717) is 11.8 Å².